The Hall–Kier alpha value is -4.76. The number of hydrogen-bond donors (Lipinski definition) is 4. The van der Waals surface area contributed by atoms with Crippen molar-refractivity contribution in [1.82, 2.24) is 19.7 Å². The number of fused-ring (bicyclic) bond motifs is 1. The number of benzene rings is 2. The highest BCUT2D eigenvalue weighted by atomic mass is 16.3. The van der Waals surface area contributed by atoms with Crippen LogP contribution in [0.15, 0.2) is 79.1 Å². The van der Waals surface area contributed by atoms with Crippen molar-refractivity contribution in [1.29, 1.82) is 0 Å². The van der Waals surface area contributed by atoms with Gasteiger partial charge in [0.1, 0.15) is 11.6 Å². The maximum atomic E-state index is 13.3. The first-order valence-electron chi connectivity index (χ1n) is 14.2. The first kappa shape index (κ1) is 28.8. The molecule has 3 aromatic heterocycles. The summed E-state index contributed by atoms with van der Waals surface area (Å²) < 4.78 is 1.71. The quantitative estimate of drug-likeness (QED) is 0.145. The van der Waals surface area contributed by atoms with Gasteiger partial charge in [-0.3, -0.25) is 10.3 Å². The molecule has 0 aliphatic carbocycles. The van der Waals surface area contributed by atoms with E-state index < -0.39 is 0 Å². The summed E-state index contributed by atoms with van der Waals surface area (Å²) >= 11 is 0. The van der Waals surface area contributed by atoms with Crippen LogP contribution in [0.2, 0.25) is 0 Å². The van der Waals surface area contributed by atoms with E-state index in [0.717, 1.165) is 64.2 Å². The summed E-state index contributed by atoms with van der Waals surface area (Å²) in [5.74, 6) is 1.35. The molecule has 5 rings (SSSR count). The van der Waals surface area contributed by atoms with Gasteiger partial charge in [-0.15, -0.1) is 0 Å². The number of aryl methyl sites for hydroxylation is 1. The molecule has 0 saturated heterocycles. The number of nitrogens with one attached hydrogen (secondary N) is 3. The van der Waals surface area contributed by atoms with E-state index in [1.807, 2.05) is 79.9 Å². The van der Waals surface area contributed by atoms with Crippen LogP contribution >= 0.6 is 0 Å². The molecule has 0 unspecified atom stereocenters. The minimum Gasteiger partial charge on any atom is -0.396 e. The Bertz CT molecular complexity index is 1670. The lowest BCUT2D eigenvalue weighted by atomic mass is 9.92. The maximum absolute atomic E-state index is 13.3. The molecule has 0 atom stereocenters. The zero-order chi connectivity index (χ0) is 29.7. The highest BCUT2D eigenvalue weighted by Crippen LogP contribution is 2.34. The summed E-state index contributed by atoms with van der Waals surface area (Å²) in [4.78, 5) is 22.3. The van der Waals surface area contributed by atoms with Gasteiger partial charge < -0.3 is 15.7 Å². The second-order valence-electron chi connectivity index (χ2n) is 11.3. The second kappa shape index (κ2) is 12.4. The molecule has 9 nitrogen and oxygen atoms in total. The number of aliphatic hydroxyl groups excluding tert-OH is 1. The monoisotopic (exact) mass is 563 g/mol. The van der Waals surface area contributed by atoms with Gasteiger partial charge in [-0.2, -0.15) is 5.10 Å². The van der Waals surface area contributed by atoms with Crippen molar-refractivity contribution in [2.75, 3.05) is 29.1 Å². The first-order chi connectivity index (χ1) is 20.2. The number of rotatable bonds is 9. The van der Waals surface area contributed by atoms with Crippen molar-refractivity contribution in [3.8, 4) is 16.8 Å². The number of unbranched alkanes of at least 4 members (excludes halogenated alkanes) is 1. The highest BCUT2D eigenvalue weighted by molar-refractivity contribution is 6.09. The van der Waals surface area contributed by atoms with E-state index in [2.05, 4.69) is 46.7 Å². The third-order valence-corrected chi connectivity index (χ3v) is 7.00. The number of pyridine rings is 2. The van der Waals surface area contributed by atoms with Crippen molar-refractivity contribution < 1.29 is 9.90 Å². The van der Waals surface area contributed by atoms with Crippen molar-refractivity contribution >= 4 is 34.1 Å². The minimum atomic E-state index is -0.368. The van der Waals surface area contributed by atoms with Crippen LogP contribution in [0.5, 0.6) is 0 Å². The lowest BCUT2D eigenvalue weighted by Crippen LogP contribution is -2.21. The van der Waals surface area contributed by atoms with Crippen molar-refractivity contribution in [2.45, 2.75) is 46.0 Å². The Balaban J connectivity index is 1.38. The van der Waals surface area contributed by atoms with E-state index in [4.69, 9.17) is 10.2 Å². The van der Waals surface area contributed by atoms with Crippen LogP contribution in [0, 0.1) is 6.92 Å². The number of carbonyl (C=O) groups excluding carboxylic acids is 1. The van der Waals surface area contributed by atoms with Crippen molar-refractivity contribution in [3.05, 3.63) is 90.5 Å². The Morgan fingerprint density at radius 1 is 0.905 bits per heavy atom. The third-order valence-electron chi connectivity index (χ3n) is 7.00. The molecule has 0 radical (unpaired) electrons. The third kappa shape index (κ3) is 6.58. The maximum Gasteiger partial charge on any atom is 0.324 e. The number of aliphatic hydroxyl groups is 1. The lowest BCUT2D eigenvalue weighted by molar-refractivity contribution is 0.262. The van der Waals surface area contributed by atoms with Crippen LogP contribution in [0.25, 0.3) is 27.6 Å². The number of urea groups is 1. The molecule has 0 bridgehead atoms. The summed E-state index contributed by atoms with van der Waals surface area (Å²) in [6, 6.07) is 21.3. The molecule has 2 aromatic carbocycles. The zero-order valence-electron chi connectivity index (χ0n) is 24.5. The summed E-state index contributed by atoms with van der Waals surface area (Å²) in [6.45, 7) is 9.15. The number of nitrogens with zero attached hydrogens (tertiary/aromatic N) is 4. The molecule has 9 heteroatoms. The van der Waals surface area contributed by atoms with Crippen molar-refractivity contribution in [2.24, 2.45) is 0 Å². The van der Waals surface area contributed by atoms with Gasteiger partial charge in [-0.25, -0.2) is 14.5 Å². The fraction of sp³-hybridized carbons (Fsp3) is 0.273. The molecule has 0 aliphatic rings. The van der Waals surface area contributed by atoms with Crippen LogP contribution in [0.3, 0.4) is 0 Å². The molecule has 3 heterocycles. The number of amides is 2. The molecule has 0 aliphatic heterocycles. The smallest absolute Gasteiger partial charge is 0.324 e. The predicted molar refractivity (Wildman–Crippen MR) is 169 cm³/mol. The van der Waals surface area contributed by atoms with Gasteiger partial charge in [0.2, 0.25) is 0 Å². The lowest BCUT2D eigenvalue weighted by Gasteiger charge is -2.14. The SMILES string of the molecule is Cc1ccc(-n2nc(C(C)(C)C)cc2NC(=O)Nc2ccc(-c3ccc(NCCCCO)nc3)c3ccccc23)cn1. The van der Waals surface area contributed by atoms with Gasteiger partial charge in [-0.05, 0) is 61.0 Å². The van der Waals surface area contributed by atoms with Gasteiger partial charge in [0.05, 0.1) is 23.3 Å². The molecular formula is C33H37N7O2. The Morgan fingerprint density at radius 3 is 2.40 bits per heavy atom. The van der Waals surface area contributed by atoms with E-state index in [9.17, 15) is 4.79 Å². The fourth-order valence-corrected chi connectivity index (χ4v) is 4.66. The fourth-order valence-electron chi connectivity index (χ4n) is 4.66. The normalized spacial score (nSPS) is 11.5. The standard InChI is InChI=1S/C33H37N7O2/c1-22-11-13-24(21-35-22)40-31(19-29(39-40)33(2,3)4)38-32(42)37-28-15-14-25(26-9-5-6-10-27(26)28)23-12-16-30(36-20-23)34-17-7-8-18-41/h5-6,9-16,19-21,41H,7-8,17-18H2,1-4H3,(H,34,36)(H2,37,38,42). The van der Waals surface area contributed by atoms with E-state index in [1.54, 1.807) is 10.9 Å². The predicted octanol–water partition coefficient (Wildman–Crippen LogP) is 6.92. The number of aromatic nitrogens is 4. The molecule has 0 saturated carbocycles. The van der Waals surface area contributed by atoms with Crippen LogP contribution in [-0.4, -0.2) is 44.0 Å². The molecule has 42 heavy (non-hydrogen) atoms. The molecule has 0 spiro atoms. The average Bonchev–Trinajstić information content (AvgIpc) is 3.40. The van der Waals surface area contributed by atoms with Gasteiger partial charge in [0, 0.05) is 47.5 Å². The largest absolute Gasteiger partial charge is 0.396 e. The van der Waals surface area contributed by atoms with Gasteiger partial charge in [0.15, 0.2) is 0 Å². The Kier molecular flexibility index (Phi) is 8.49. The molecule has 5 aromatic rings. The zero-order valence-corrected chi connectivity index (χ0v) is 24.5. The summed E-state index contributed by atoms with van der Waals surface area (Å²) in [5, 5.41) is 25.0. The molecular weight excluding hydrogens is 526 g/mol. The van der Waals surface area contributed by atoms with E-state index in [1.165, 1.54) is 0 Å². The summed E-state index contributed by atoms with van der Waals surface area (Å²) in [5.41, 5.74) is 5.02. The molecule has 4 N–H and O–H groups in total. The van der Waals surface area contributed by atoms with Gasteiger partial charge >= 0.3 is 6.03 Å². The van der Waals surface area contributed by atoms with Crippen LogP contribution in [-0.2, 0) is 5.41 Å². The second-order valence-corrected chi connectivity index (χ2v) is 11.3. The van der Waals surface area contributed by atoms with E-state index >= 15 is 0 Å². The van der Waals surface area contributed by atoms with Gasteiger partial charge in [-0.1, -0.05) is 51.1 Å². The van der Waals surface area contributed by atoms with Crippen LogP contribution in [0.1, 0.15) is 45.0 Å². The minimum absolute atomic E-state index is 0.196. The van der Waals surface area contributed by atoms with Crippen molar-refractivity contribution in [3.63, 3.8) is 0 Å². The average molecular weight is 564 g/mol. The van der Waals surface area contributed by atoms with E-state index in [0.29, 0.717) is 11.5 Å². The number of anilines is 3. The molecule has 2 amide bonds. The topological polar surface area (TPSA) is 117 Å². The molecule has 216 valence electrons. The highest BCUT2D eigenvalue weighted by Gasteiger charge is 2.22. The van der Waals surface area contributed by atoms with Gasteiger partial charge in [0.25, 0.3) is 0 Å². The first-order valence-corrected chi connectivity index (χ1v) is 14.2. The van der Waals surface area contributed by atoms with Crippen LogP contribution < -0.4 is 16.0 Å². The number of carbonyl (C=O) groups is 1. The van der Waals surface area contributed by atoms with E-state index in [-0.39, 0.29) is 18.1 Å². The summed E-state index contributed by atoms with van der Waals surface area (Å²) in [6.07, 6.45) is 5.25. The Labute approximate surface area is 246 Å². The summed E-state index contributed by atoms with van der Waals surface area (Å²) in [7, 11) is 0. The Morgan fingerprint density at radius 2 is 1.71 bits per heavy atom. The molecule has 0 fully saturated rings. The number of hydrogen-bond acceptors (Lipinski definition) is 6. The van der Waals surface area contributed by atoms with Crippen LogP contribution in [0.4, 0.5) is 22.1 Å².